The van der Waals surface area contributed by atoms with Gasteiger partial charge in [-0.2, -0.15) is 0 Å². The molecule has 9 atom stereocenters. The molecule has 0 heterocycles. The second kappa shape index (κ2) is 47.8. The molecule has 0 radical (unpaired) electrons. The summed E-state index contributed by atoms with van der Waals surface area (Å²) in [5, 5.41) is 13.1. The number of ether oxygens (including phenoxy) is 3. The van der Waals surface area contributed by atoms with Gasteiger partial charge in [0.05, 0.1) is 97.4 Å². The molecule has 0 saturated heterocycles. The molecule has 0 saturated carbocycles. The van der Waals surface area contributed by atoms with Gasteiger partial charge < -0.3 is 46.5 Å². The number of carbonyl (C=O) groups is 4. The van der Waals surface area contributed by atoms with Crippen molar-refractivity contribution in [2.75, 3.05) is 119 Å². The average Bonchev–Trinajstić information content (AvgIpc) is 3.39. The van der Waals surface area contributed by atoms with Crippen molar-refractivity contribution in [3.05, 3.63) is 38.0 Å². The average molecular weight is 1170 g/mol. The van der Waals surface area contributed by atoms with E-state index < -0.39 is 47.6 Å². The first kappa shape index (κ1) is 76.1. The highest BCUT2D eigenvalue weighted by Crippen LogP contribution is 2.51. The predicted molar refractivity (Wildman–Crippen MR) is 295 cm³/mol. The summed E-state index contributed by atoms with van der Waals surface area (Å²) < 4.78 is 103. The molecule has 0 aliphatic carbocycles. The Bertz CT molecular complexity index is 1680. The maximum atomic E-state index is 13.2. The summed E-state index contributed by atoms with van der Waals surface area (Å²) in [6.45, 7) is 28.3. The molecule has 77 heavy (non-hydrogen) atoms. The van der Waals surface area contributed by atoms with Crippen LogP contribution in [0.4, 0.5) is 4.79 Å². The lowest BCUT2D eigenvalue weighted by molar-refractivity contribution is -0.121. The highest BCUT2D eigenvalue weighted by Gasteiger charge is 2.31. The van der Waals surface area contributed by atoms with Crippen LogP contribution in [0.2, 0.25) is 0 Å². The third-order valence-electron chi connectivity index (χ3n) is 10.5. The zero-order chi connectivity index (χ0) is 58.4. The van der Waals surface area contributed by atoms with E-state index in [2.05, 4.69) is 87.9 Å². The summed E-state index contributed by atoms with van der Waals surface area (Å²) in [4.78, 5) is 47.0. The third kappa shape index (κ3) is 45.5. The van der Waals surface area contributed by atoms with E-state index in [0.29, 0.717) is 37.6 Å². The topological polar surface area (TPSA) is 316 Å². The molecule has 0 aromatic carbocycles. The zero-order valence-electron chi connectivity index (χ0n) is 47.5. The van der Waals surface area contributed by atoms with Gasteiger partial charge in [-0.3, -0.25) is 55.1 Å². The van der Waals surface area contributed by atoms with Crippen LogP contribution in [0.3, 0.4) is 0 Å². The Labute approximate surface area is 459 Å². The van der Waals surface area contributed by atoms with Crippen molar-refractivity contribution in [2.24, 2.45) is 23.5 Å². The fourth-order valence-electron chi connectivity index (χ4n) is 5.58. The lowest BCUT2D eigenvalue weighted by Gasteiger charge is -2.22. The van der Waals surface area contributed by atoms with E-state index in [-0.39, 0.29) is 117 Å². The molecule has 0 spiro atoms. The van der Waals surface area contributed by atoms with Crippen molar-refractivity contribution in [3.63, 3.8) is 0 Å². The number of amides is 5. The van der Waals surface area contributed by atoms with E-state index in [1.807, 2.05) is 0 Å². The predicted octanol–water partition coefficient (Wildman–Crippen LogP) is 7.13. The normalized spacial score (nSPS) is 16.0. The Kier molecular flexibility index (Phi) is 47.3. The molecule has 0 aliphatic rings. The molecule has 7 N–H and O–H groups in total. The fourth-order valence-corrected chi connectivity index (χ4v) is 9.16. The summed E-state index contributed by atoms with van der Waals surface area (Å²) in [5.74, 6) is 0.711. The van der Waals surface area contributed by atoms with E-state index in [0.717, 1.165) is 38.5 Å². The molecule has 0 rings (SSSR count). The molecule has 0 aromatic rings. The molecule has 0 fully saturated rings. The maximum absolute atomic E-state index is 13.2. The molecule has 0 aliphatic heterocycles. The first-order valence-electron chi connectivity index (χ1n) is 26.3. The highest BCUT2D eigenvalue weighted by atomic mass is 31.2. The Hall–Kier alpha value is -2.93. The Balaban J connectivity index is 0. The van der Waals surface area contributed by atoms with Gasteiger partial charge in [0.25, 0.3) is 0 Å². The fraction of sp³-hybridized carbons (Fsp3) is 0.796. The van der Waals surface area contributed by atoms with Crippen LogP contribution in [-0.2, 0) is 83.0 Å². The number of phosphoric ester groups is 3. The van der Waals surface area contributed by atoms with Crippen LogP contribution < -0.4 is 32.3 Å². The summed E-state index contributed by atoms with van der Waals surface area (Å²) in [5.41, 5.74) is 5.35. The summed E-state index contributed by atoms with van der Waals surface area (Å²) in [6.07, 6.45) is 9.97. The van der Waals surface area contributed by atoms with Crippen LogP contribution in [0.25, 0.3) is 0 Å². The van der Waals surface area contributed by atoms with E-state index in [1.165, 1.54) is 39.0 Å². The molecular formula is C49H97N6O19P3. The van der Waals surface area contributed by atoms with Gasteiger partial charge in [-0.1, -0.05) is 79.0 Å². The number of urea groups is 1. The van der Waals surface area contributed by atoms with Gasteiger partial charge in [0.2, 0.25) is 17.7 Å². The van der Waals surface area contributed by atoms with Gasteiger partial charge in [0.15, 0.2) is 0 Å². The number of phosphoric acid groups is 3. The lowest BCUT2D eigenvalue weighted by atomic mass is 10.1. The molecule has 5 amide bonds. The molecule has 0 aromatic heterocycles. The first-order chi connectivity index (χ1) is 36.6. The lowest BCUT2D eigenvalue weighted by Crippen LogP contribution is -2.40. The van der Waals surface area contributed by atoms with E-state index in [4.69, 9.17) is 60.7 Å². The number of nitrogens with one attached hydrogen (secondary N) is 5. The monoisotopic (exact) mass is 1170 g/mol. The Morgan fingerprint density at radius 3 is 0.987 bits per heavy atom. The van der Waals surface area contributed by atoms with Crippen LogP contribution >= 0.6 is 23.5 Å². The summed E-state index contributed by atoms with van der Waals surface area (Å²) in [7, 11) is -12.0. The van der Waals surface area contributed by atoms with Crippen LogP contribution in [0.1, 0.15) is 101 Å². The van der Waals surface area contributed by atoms with Crippen LogP contribution in [-0.4, -0.2) is 161 Å². The maximum Gasteiger partial charge on any atom is 0.475 e. The number of rotatable bonds is 50. The standard InChI is InChI=1S/C33H64N4O13P2.C16H33N2O6P/c1-9-17-45-51(41,49-25-31(36-29(7)38)23-43-19-13-27(5)11-3)47-21-15-34-33(40)35-16-22-48-52(42,46-18-10-2)50-26-32(37-30(8)39)24-44-20-14-28(6)12-4;1-5-9-22-25(20,23-11-8-17)24-13-16(18-15(4)19)12-21-10-7-14(3)6-2/h9-10,27-28,31-32H,1-2,11-26H2,3-8H3,(H,36,38)(H,37,39)(H2,34,35,40);5,14,16H,1,6-13,17H2,2-4H3,(H,18,19)/t27-,28-,31-,32-,51?,52?;14-,16-,25?/m11/s1. The van der Waals surface area contributed by atoms with Gasteiger partial charge in [0, 0.05) is 60.2 Å². The number of hydrogen-bond donors (Lipinski definition) is 6. The number of nitrogens with two attached hydrogens (primary N) is 1. The van der Waals surface area contributed by atoms with Crippen molar-refractivity contribution in [1.82, 2.24) is 26.6 Å². The minimum atomic E-state index is -4.11. The zero-order valence-corrected chi connectivity index (χ0v) is 50.1. The van der Waals surface area contributed by atoms with E-state index in [1.54, 1.807) is 0 Å². The second-order valence-electron chi connectivity index (χ2n) is 17.8. The molecule has 452 valence electrons. The largest absolute Gasteiger partial charge is 0.475 e. The third-order valence-corrected chi connectivity index (χ3v) is 14.8. The van der Waals surface area contributed by atoms with Crippen molar-refractivity contribution < 1.29 is 87.8 Å². The SMILES string of the molecule is C=CCOP(=O)(OCCN)OC[C@@H](COCC[C@H](C)CC)NC(C)=O.C=CCOP(=O)(OCCNC(=O)NCCOP(=O)(OCC=C)OC[C@@H](COCC[C@H](C)CC)NC(C)=O)OC[C@@H](COCC[C@H](C)CC)NC(C)=O. The molecule has 0 bridgehead atoms. The molecule has 28 heteroatoms. The highest BCUT2D eigenvalue weighted by molar-refractivity contribution is 7.49. The minimum absolute atomic E-state index is 0.0120. The summed E-state index contributed by atoms with van der Waals surface area (Å²) in [6, 6.07) is -2.30. The van der Waals surface area contributed by atoms with Crippen molar-refractivity contribution >= 4 is 47.2 Å². The van der Waals surface area contributed by atoms with Crippen LogP contribution in [0.15, 0.2) is 38.0 Å². The molecule has 25 nitrogen and oxygen atoms in total. The van der Waals surface area contributed by atoms with E-state index in [9.17, 15) is 32.9 Å². The number of hydrogen-bond acceptors (Lipinski definition) is 20. The van der Waals surface area contributed by atoms with Crippen LogP contribution in [0, 0.1) is 17.8 Å². The van der Waals surface area contributed by atoms with Gasteiger partial charge in [-0.25, -0.2) is 18.5 Å². The Morgan fingerprint density at radius 2 is 0.740 bits per heavy atom. The van der Waals surface area contributed by atoms with Gasteiger partial charge in [0.1, 0.15) is 0 Å². The van der Waals surface area contributed by atoms with Crippen molar-refractivity contribution in [1.29, 1.82) is 0 Å². The Morgan fingerprint density at radius 1 is 0.455 bits per heavy atom. The van der Waals surface area contributed by atoms with Gasteiger partial charge in [-0.05, 0) is 37.0 Å². The second-order valence-corrected chi connectivity index (χ2v) is 22.8. The molecule has 3 unspecified atom stereocenters. The molecular weight excluding hydrogens is 1070 g/mol. The van der Waals surface area contributed by atoms with Crippen LogP contribution in [0.5, 0.6) is 0 Å². The minimum Gasteiger partial charge on any atom is -0.379 e. The van der Waals surface area contributed by atoms with Gasteiger partial charge >= 0.3 is 29.5 Å². The van der Waals surface area contributed by atoms with Crippen molar-refractivity contribution in [2.45, 2.75) is 119 Å². The summed E-state index contributed by atoms with van der Waals surface area (Å²) >= 11 is 0. The number of carbonyl (C=O) groups excluding carboxylic acids is 4. The first-order valence-corrected chi connectivity index (χ1v) is 30.7. The quantitative estimate of drug-likeness (QED) is 0.0200. The van der Waals surface area contributed by atoms with Gasteiger partial charge in [-0.15, -0.1) is 19.7 Å². The van der Waals surface area contributed by atoms with Crippen molar-refractivity contribution in [3.8, 4) is 0 Å². The van der Waals surface area contributed by atoms with E-state index >= 15 is 0 Å². The smallest absolute Gasteiger partial charge is 0.379 e.